The largest absolute Gasteiger partial charge is 0.497 e. The van der Waals surface area contributed by atoms with Gasteiger partial charge in [-0.1, -0.05) is 18.7 Å². The second kappa shape index (κ2) is 20.0. The van der Waals surface area contributed by atoms with E-state index < -0.39 is 0 Å². The molecule has 5 rings (SSSR count). The van der Waals surface area contributed by atoms with Gasteiger partial charge in [0.1, 0.15) is 28.8 Å². The number of ketones is 2. The van der Waals surface area contributed by atoms with Crippen LogP contribution in [0.25, 0.3) is 0 Å². The van der Waals surface area contributed by atoms with Gasteiger partial charge in [0.25, 0.3) is 0 Å². The summed E-state index contributed by atoms with van der Waals surface area (Å²) in [4.78, 5) is 31.7. The van der Waals surface area contributed by atoms with Crippen molar-refractivity contribution in [2.45, 2.75) is 70.4 Å². The fourth-order valence-electron chi connectivity index (χ4n) is 8.24. The molecule has 2 heterocycles. The average Bonchev–Trinajstić information content (AvgIpc) is 3.70. The van der Waals surface area contributed by atoms with Crippen LogP contribution in [0, 0.1) is 0 Å². The SMILES string of the molecule is C=C(OCC)/C(OC)=C(\C)C(CC(=O)CCc1cc(C2CN(C)C(CC(=O)CCc3cc(OC)ccc3OC)c3c2cc2c(c3OC)OCO2)ccc1OC)N(C)C. The molecule has 58 heavy (non-hydrogen) atoms. The lowest BCUT2D eigenvalue weighted by Crippen LogP contribution is -2.37. The average molecular weight is 801 g/mol. The van der Waals surface area contributed by atoms with Crippen molar-refractivity contribution >= 4 is 11.6 Å². The molecule has 0 aromatic heterocycles. The Morgan fingerprint density at radius 3 is 2.19 bits per heavy atom. The first-order chi connectivity index (χ1) is 27.9. The molecule has 0 aliphatic carbocycles. The van der Waals surface area contributed by atoms with Crippen molar-refractivity contribution in [2.75, 3.05) is 76.6 Å². The zero-order chi connectivity index (χ0) is 42.1. The van der Waals surface area contributed by atoms with Crippen LogP contribution in [0.5, 0.6) is 34.5 Å². The molecule has 2 aliphatic rings. The number of carbonyl (C=O) groups is 2. The molecule has 3 aromatic carbocycles. The Kier molecular flexibility index (Phi) is 15.1. The molecule has 12 nitrogen and oxygen atoms in total. The van der Waals surface area contributed by atoms with E-state index in [-0.39, 0.29) is 42.8 Å². The number of methoxy groups -OCH3 is 5. The third-order valence-corrected chi connectivity index (χ3v) is 11.2. The fourth-order valence-corrected chi connectivity index (χ4v) is 8.24. The van der Waals surface area contributed by atoms with E-state index in [9.17, 15) is 9.59 Å². The van der Waals surface area contributed by atoms with Gasteiger partial charge in [-0.15, -0.1) is 0 Å². The summed E-state index contributed by atoms with van der Waals surface area (Å²) in [5, 5.41) is 0. The third kappa shape index (κ3) is 9.73. The fraction of sp³-hybridized carbons (Fsp3) is 0.478. The maximum atomic E-state index is 13.8. The maximum absolute atomic E-state index is 13.8. The summed E-state index contributed by atoms with van der Waals surface area (Å²) in [5.41, 5.74) is 5.71. The lowest BCUT2D eigenvalue weighted by Gasteiger charge is -2.40. The van der Waals surface area contributed by atoms with Crippen molar-refractivity contribution in [1.29, 1.82) is 0 Å². The highest BCUT2D eigenvalue weighted by Gasteiger charge is 2.39. The van der Waals surface area contributed by atoms with Crippen LogP contribution in [0.15, 0.2) is 66.1 Å². The van der Waals surface area contributed by atoms with Crippen molar-refractivity contribution in [3.05, 3.63) is 94.0 Å². The summed E-state index contributed by atoms with van der Waals surface area (Å²) in [6.45, 7) is 9.05. The highest BCUT2D eigenvalue weighted by atomic mass is 16.7. The summed E-state index contributed by atoms with van der Waals surface area (Å²) in [5.74, 6) is 5.01. The Bertz CT molecular complexity index is 1990. The van der Waals surface area contributed by atoms with E-state index in [2.05, 4.69) is 23.6 Å². The van der Waals surface area contributed by atoms with Gasteiger partial charge in [0.2, 0.25) is 12.5 Å². The molecule has 12 heteroatoms. The highest BCUT2D eigenvalue weighted by molar-refractivity contribution is 5.81. The quantitative estimate of drug-likeness (QED) is 0.0788. The number of Topliss-reactive ketones (excluding diaryl/α,β-unsaturated/α-hetero) is 2. The maximum Gasteiger partial charge on any atom is 0.231 e. The minimum atomic E-state index is -0.266. The molecule has 3 aromatic rings. The van der Waals surface area contributed by atoms with E-state index >= 15 is 0 Å². The normalized spacial score (nSPS) is 16.9. The van der Waals surface area contributed by atoms with Crippen molar-refractivity contribution in [1.82, 2.24) is 9.80 Å². The number of carbonyl (C=O) groups excluding carboxylic acids is 2. The molecule has 2 aliphatic heterocycles. The molecule has 0 N–H and O–H groups in total. The van der Waals surface area contributed by atoms with Gasteiger partial charge in [-0.3, -0.25) is 14.5 Å². The molecule has 0 radical (unpaired) electrons. The third-order valence-electron chi connectivity index (χ3n) is 11.2. The van der Waals surface area contributed by atoms with Crippen molar-refractivity contribution < 1.29 is 47.5 Å². The molecule has 0 amide bonds. The number of nitrogens with zero attached hydrogens (tertiary/aromatic N) is 2. The molecular formula is C46H60N2O10. The lowest BCUT2D eigenvalue weighted by atomic mass is 9.78. The standard InChI is InChI=1S/C46H60N2O10/c1-12-56-29(3)44(54-10)28(2)38(47(4)5)23-33(49)16-13-31-21-30(15-19-40(31)52-8)37-26-48(6)39(43-36(37)25-42-45(46(43)55-11)58-27-57-42)24-34(50)17-14-32-22-35(51-7)18-20-41(32)53-9/h15,18-22,25,37-39H,3,12-14,16-17,23-24,26-27H2,1-2,4-11H3/b44-28-. The van der Waals surface area contributed by atoms with E-state index in [1.807, 2.05) is 70.2 Å². The van der Waals surface area contributed by atoms with Gasteiger partial charge >= 0.3 is 0 Å². The Morgan fingerprint density at radius 1 is 0.897 bits per heavy atom. The Hall–Kier alpha value is -5.20. The van der Waals surface area contributed by atoms with Gasteiger partial charge in [-0.25, -0.2) is 0 Å². The van der Waals surface area contributed by atoms with E-state index in [0.717, 1.165) is 44.9 Å². The van der Waals surface area contributed by atoms with Crippen molar-refractivity contribution in [3.8, 4) is 34.5 Å². The topological polar surface area (TPSA) is 114 Å². The number of aryl methyl sites for hydroxylation is 2. The monoisotopic (exact) mass is 800 g/mol. The zero-order valence-electron chi connectivity index (χ0n) is 35.8. The predicted molar refractivity (Wildman–Crippen MR) is 223 cm³/mol. The number of fused-ring (bicyclic) bond motifs is 2. The van der Waals surface area contributed by atoms with Crippen LogP contribution in [0.4, 0.5) is 0 Å². The molecule has 0 saturated heterocycles. The molecule has 0 spiro atoms. The van der Waals surface area contributed by atoms with E-state index in [1.165, 1.54) is 0 Å². The molecular weight excluding hydrogens is 741 g/mol. The summed E-state index contributed by atoms with van der Waals surface area (Å²) < 4.78 is 46.0. The summed E-state index contributed by atoms with van der Waals surface area (Å²) >= 11 is 0. The molecule has 0 saturated carbocycles. The van der Waals surface area contributed by atoms with Crippen LogP contribution in [0.2, 0.25) is 0 Å². The van der Waals surface area contributed by atoms with E-state index in [0.29, 0.717) is 79.8 Å². The zero-order valence-corrected chi connectivity index (χ0v) is 35.8. The Labute approximate surface area is 343 Å². The minimum Gasteiger partial charge on any atom is -0.497 e. The van der Waals surface area contributed by atoms with Gasteiger partial charge in [0.05, 0.1) is 42.2 Å². The van der Waals surface area contributed by atoms with Crippen molar-refractivity contribution in [3.63, 3.8) is 0 Å². The van der Waals surface area contributed by atoms with Crippen LogP contribution in [-0.2, 0) is 31.9 Å². The number of hydrogen-bond donors (Lipinski definition) is 0. The number of ether oxygens (including phenoxy) is 8. The Balaban J connectivity index is 1.41. The first-order valence-electron chi connectivity index (χ1n) is 19.7. The first-order valence-corrected chi connectivity index (χ1v) is 19.7. The van der Waals surface area contributed by atoms with Crippen molar-refractivity contribution in [2.24, 2.45) is 0 Å². The van der Waals surface area contributed by atoms with E-state index in [1.54, 1.807) is 35.5 Å². The minimum absolute atomic E-state index is 0.0832. The van der Waals surface area contributed by atoms with E-state index in [4.69, 9.17) is 37.9 Å². The van der Waals surface area contributed by atoms with Gasteiger partial charge < -0.3 is 42.8 Å². The number of benzene rings is 3. The molecule has 314 valence electrons. The van der Waals surface area contributed by atoms with Gasteiger partial charge in [-0.2, -0.15) is 0 Å². The number of hydrogen-bond acceptors (Lipinski definition) is 12. The Morgan fingerprint density at radius 2 is 1.57 bits per heavy atom. The second-order valence-electron chi connectivity index (χ2n) is 14.9. The first kappa shape index (κ1) is 43.9. The molecule has 3 unspecified atom stereocenters. The van der Waals surface area contributed by atoms with Crippen LogP contribution in [0.1, 0.15) is 79.3 Å². The van der Waals surface area contributed by atoms with Crippen LogP contribution < -0.4 is 28.4 Å². The predicted octanol–water partition coefficient (Wildman–Crippen LogP) is 7.45. The summed E-state index contributed by atoms with van der Waals surface area (Å²) in [6.07, 6.45) is 2.25. The van der Waals surface area contributed by atoms with Gasteiger partial charge in [-0.05, 0) is 106 Å². The van der Waals surface area contributed by atoms with Crippen LogP contribution in [-0.4, -0.2) is 104 Å². The highest BCUT2D eigenvalue weighted by Crippen LogP contribution is 2.53. The number of rotatable bonds is 21. The van der Waals surface area contributed by atoms with Crippen LogP contribution >= 0.6 is 0 Å². The molecule has 3 atom stereocenters. The van der Waals surface area contributed by atoms with Gasteiger partial charge in [0, 0.05) is 55.8 Å². The summed E-state index contributed by atoms with van der Waals surface area (Å²) in [6, 6.07) is 13.4. The molecule has 0 bridgehead atoms. The smallest absolute Gasteiger partial charge is 0.231 e. The molecule has 0 fully saturated rings. The second-order valence-corrected chi connectivity index (χ2v) is 14.9. The van der Waals surface area contributed by atoms with Gasteiger partial charge in [0.15, 0.2) is 23.0 Å². The summed E-state index contributed by atoms with van der Waals surface area (Å²) in [7, 11) is 14.1. The van der Waals surface area contributed by atoms with Crippen LogP contribution in [0.3, 0.4) is 0 Å². The number of likely N-dealkylation sites (N-methyl/N-ethyl adjacent to an activating group) is 2. The lowest BCUT2D eigenvalue weighted by molar-refractivity contribution is -0.121.